The average molecular weight is 423 g/mol. The lowest BCUT2D eigenvalue weighted by Crippen LogP contribution is -2.31. The van der Waals surface area contributed by atoms with Crippen molar-refractivity contribution in [2.75, 3.05) is 25.0 Å². The van der Waals surface area contributed by atoms with Gasteiger partial charge in [0.25, 0.3) is 17.4 Å². The molecule has 1 aromatic carbocycles. The van der Waals surface area contributed by atoms with Crippen LogP contribution in [0.25, 0.3) is 0 Å². The largest absolute Gasteiger partial charge is 0.484 e. The van der Waals surface area contributed by atoms with Crippen LogP contribution in [0, 0.1) is 0 Å². The standard InChI is InChI=1S/C20H20F3N3O4/c1-25-11-13(18(28)26-7-2-3-8-26)9-16(19(25)29)24-17(27)12-30-15-6-4-5-14(10-15)20(21,22)23/h4-6,9-11H,2-3,7-8,12H2,1H3,(H,24,27). The molecule has 2 amide bonds. The van der Waals surface area contributed by atoms with Crippen molar-refractivity contribution in [3.05, 3.63) is 58.0 Å². The molecule has 0 atom stereocenters. The summed E-state index contributed by atoms with van der Waals surface area (Å²) in [5.41, 5.74) is -1.28. The Morgan fingerprint density at radius 2 is 1.87 bits per heavy atom. The Kier molecular flexibility index (Phi) is 6.14. The highest BCUT2D eigenvalue weighted by Crippen LogP contribution is 2.31. The van der Waals surface area contributed by atoms with Crippen LogP contribution in [0.15, 0.2) is 41.3 Å². The van der Waals surface area contributed by atoms with E-state index in [1.54, 1.807) is 4.90 Å². The van der Waals surface area contributed by atoms with Gasteiger partial charge in [0.2, 0.25) is 0 Å². The van der Waals surface area contributed by atoms with Gasteiger partial charge in [-0.3, -0.25) is 14.4 Å². The third-order valence-corrected chi connectivity index (χ3v) is 4.63. The van der Waals surface area contributed by atoms with Crippen molar-refractivity contribution in [3.8, 4) is 5.75 Å². The Morgan fingerprint density at radius 3 is 2.53 bits per heavy atom. The fourth-order valence-electron chi connectivity index (χ4n) is 3.12. The molecule has 0 unspecified atom stereocenters. The maximum absolute atomic E-state index is 12.7. The first kappa shape index (κ1) is 21.4. The Bertz CT molecular complexity index is 1010. The van der Waals surface area contributed by atoms with Gasteiger partial charge in [-0.05, 0) is 37.1 Å². The molecule has 1 fully saturated rings. The molecular weight excluding hydrogens is 403 g/mol. The topological polar surface area (TPSA) is 80.6 Å². The summed E-state index contributed by atoms with van der Waals surface area (Å²) >= 11 is 0. The normalized spacial score (nSPS) is 13.9. The van der Waals surface area contributed by atoms with Crippen molar-refractivity contribution in [2.45, 2.75) is 19.0 Å². The second-order valence-electron chi connectivity index (χ2n) is 6.92. The third kappa shape index (κ3) is 5.00. The lowest BCUT2D eigenvalue weighted by Gasteiger charge is -2.16. The fraction of sp³-hybridized carbons (Fsp3) is 0.350. The van der Waals surface area contributed by atoms with Gasteiger partial charge in [0.15, 0.2) is 6.61 Å². The molecule has 1 aliphatic rings. The Labute approximate surface area is 170 Å². The molecule has 3 rings (SSSR count). The summed E-state index contributed by atoms with van der Waals surface area (Å²) in [5.74, 6) is -1.11. The number of halogens is 3. The maximum atomic E-state index is 12.7. The van der Waals surface area contributed by atoms with Gasteiger partial charge in [0.05, 0.1) is 11.1 Å². The number of nitrogens with one attached hydrogen (secondary N) is 1. The molecule has 2 aromatic rings. The van der Waals surface area contributed by atoms with Crippen LogP contribution in [0.1, 0.15) is 28.8 Å². The predicted octanol–water partition coefficient (Wildman–Crippen LogP) is 2.66. The third-order valence-electron chi connectivity index (χ3n) is 4.63. The van der Waals surface area contributed by atoms with Crippen LogP contribution < -0.4 is 15.6 Å². The first-order chi connectivity index (χ1) is 14.1. The summed E-state index contributed by atoms with van der Waals surface area (Å²) in [6.07, 6.45) is -1.31. The minimum atomic E-state index is -4.53. The van der Waals surface area contributed by atoms with E-state index in [1.165, 1.54) is 36.0 Å². The Morgan fingerprint density at radius 1 is 1.17 bits per heavy atom. The second-order valence-corrected chi connectivity index (χ2v) is 6.92. The fourth-order valence-corrected chi connectivity index (χ4v) is 3.12. The highest BCUT2D eigenvalue weighted by atomic mass is 19.4. The number of benzene rings is 1. The van der Waals surface area contributed by atoms with Crippen LogP contribution in [-0.2, 0) is 18.0 Å². The number of alkyl halides is 3. The van der Waals surface area contributed by atoms with Gasteiger partial charge in [0, 0.05) is 26.3 Å². The zero-order chi connectivity index (χ0) is 21.9. The smallest absolute Gasteiger partial charge is 0.416 e. The van der Waals surface area contributed by atoms with E-state index in [0.29, 0.717) is 13.1 Å². The number of ether oxygens (including phenoxy) is 1. The summed E-state index contributed by atoms with van der Waals surface area (Å²) in [6.45, 7) is 0.664. The number of aryl methyl sites for hydroxylation is 1. The van der Waals surface area contributed by atoms with E-state index in [-0.39, 0.29) is 22.9 Å². The Balaban J connectivity index is 1.69. The molecule has 0 saturated carbocycles. The van der Waals surface area contributed by atoms with Gasteiger partial charge >= 0.3 is 6.18 Å². The van der Waals surface area contributed by atoms with Crippen molar-refractivity contribution in [2.24, 2.45) is 7.05 Å². The number of rotatable bonds is 5. The van der Waals surface area contributed by atoms with Crippen LogP contribution in [0.4, 0.5) is 18.9 Å². The predicted molar refractivity (Wildman–Crippen MR) is 102 cm³/mol. The van der Waals surface area contributed by atoms with E-state index in [9.17, 15) is 27.6 Å². The van der Waals surface area contributed by atoms with Crippen LogP contribution in [-0.4, -0.2) is 41.0 Å². The van der Waals surface area contributed by atoms with Crippen LogP contribution in [0.2, 0.25) is 0 Å². The monoisotopic (exact) mass is 423 g/mol. The SMILES string of the molecule is Cn1cc(C(=O)N2CCCC2)cc(NC(=O)COc2cccc(C(F)(F)F)c2)c1=O. The zero-order valence-electron chi connectivity index (χ0n) is 16.2. The summed E-state index contributed by atoms with van der Waals surface area (Å²) in [7, 11) is 1.46. The number of carbonyl (C=O) groups is 2. The van der Waals surface area contributed by atoms with Gasteiger partial charge in [-0.15, -0.1) is 0 Å². The maximum Gasteiger partial charge on any atom is 0.416 e. The van der Waals surface area contributed by atoms with Crippen molar-refractivity contribution in [1.29, 1.82) is 0 Å². The molecule has 30 heavy (non-hydrogen) atoms. The highest BCUT2D eigenvalue weighted by molar-refractivity contribution is 5.97. The number of carbonyl (C=O) groups excluding carboxylic acids is 2. The first-order valence-electron chi connectivity index (χ1n) is 9.25. The van der Waals surface area contributed by atoms with Crippen LogP contribution in [0.5, 0.6) is 5.75 Å². The minimum absolute atomic E-state index is 0.111. The molecule has 1 aromatic heterocycles. The number of amides is 2. The van der Waals surface area contributed by atoms with Crippen LogP contribution >= 0.6 is 0 Å². The summed E-state index contributed by atoms with van der Waals surface area (Å²) in [4.78, 5) is 38.7. The van der Waals surface area contributed by atoms with Crippen LogP contribution in [0.3, 0.4) is 0 Å². The number of hydrogen-bond donors (Lipinski definition) is 1. The van der Waals surface area contributed by atoms with Gasteiger partial charge < -0.3 is 19.5 Å². The zero-order valence-corrected chi connectivity index (χ0v) is 16.2. The first-order valence-corrected chi connectivity index (χ1v) is 9.25. The van der Waals surface area contributed by atoms with Crippen molar-refractivity contribution in [3.63, 3.8) is 0 Å². The lowest BCUT2D eigenvalue weighted by atomic mass is 10.2. The van der Waals surface area contributed by atoms with E-state index in [1.807, 2.05) is 0 Å². The summed E-state index contributed by atoms with van der Waals surface area (Å²) in [5, 5.41) is 2.36. The molecule has 2 heterocycles. The molecule has 7 nitrogen and oxygen atoms in total. The molecule has 0 spiro atoms. The average Bonchev–Trinajstić information content (AvgIpc) is 3.23. The Hall–Kier alpha value is -3.30. The molecule has 1 N–H and O–H groups in total. The number of aromatic nitrogens is 1. The minimum Gasteiger partial charge on any atom is -0.484 e. The molecule has 0 aliphatic carbocycles. The van der Waals surface area contributed by atoms with E-state index in [4.69, 9.17) is 4.74 Å². The van der Waals surface area contributed by atoms with Crippen molar-refractivity contribution < 1.29 is 27.5 Å². The molecule has 1 aliphatic heterocycles. The number of pyridine rings is 1. The molecule has 10 heteroatoms. The molecule has 160 valence electrons. The van der Waals surface area contributed by atoms with Crippen molar-refractivity contribution >= 4 is 17.5 Å². The molecule has 0 bridgehead atoms. The number of anilines is 1. The summed E-state index contributed by atoms with van der Waals surface area (Å²) < 4.78 is 44.5. The van der Waals surface area contributed by atoms with E-state index >= 15 is 0 Å². The summed E-state index contributed by atoms with van der Waals surface area (Å²) in [6, 6.07) is 5.42. The van der Waals surface area contributed by atoms with E-state index < -0.39 is 29.8 Å². The number of hydrogen-bond acceptors (Lipinski definition) is 4. The lowest BCUT2D eigenvalue weighted by molar-refractivity contribution is -0.137. The molecule has 0 radical (unpaired) electrons. The number of nitrogens with zero attached hydrogens (tertiary/aromatic N) is 2. The van der Waals surface area contributed by atoms with E-state index in [2.05, 4.69) is 5.32 Å². The second kappa shape index (κ2) is 8.60. The van der Waals surface area contributed by atoms with Gasteiger partial charge in [0.1, 0.15) is 11.4 Å². The van der Waals surface area contributed by atoms with Gasteiger partial charge in [-0.25, -0.2) is 0 Å². The van der Waals surface area contributed by atoms with Gasteiger partial charge in [-0.1, -0.05) is 6.07 Å². The molecular formula is C20H20F3N3O4. The van der Waals surface area contributed by atoms with Crippen molar-refractivity contribution in [1.82, 2.24) is 9.47 Å². The van der Waals surface area contributed by atoms with Gasteiger partial charge in [-0.2, -0.15) is 13.2 Å². The number of likely N-dealkylation sites (tertiary alicyclic amines) is 1. The van der Waals surface area contributed by atoms with E-state index in [0.717, 1.165) is 25.0 Å². The quantitative estimate of drug-likeness (QED) is 0.802. The molecule has 1 saturated heterocycles. The highest BCUT2D eigenvalue weighted by Gasteiger charge is 2.30.